The summed E-state index contributed by atoms with van der Waals surface area (Å²) < 4.78 is 56.8. The van der Waals surface area contributed by atoms with E-state index in [4.69, 9.17) is 4.74 Å². The van der Waals surface area contributed by atoms with Crippen molar-refractivity contribution >= 4 is 17.5 Å². The minimum absolute atomic E-state index is 0.00646. The van der Waals surface area contributed by atoms with Crippen molar-refractivity contribution in [2.45, 2.75) is 26.0 Å². The van der Waals surface area contributed by atoms with E-state index in [9.17, 15) is 32.3 Å². The number of aliphatic hydroxyl groups is 1. The third-order valence-corrected chi connectivity index (χ3v) is 5.18. The van der Waals surface area contributed by atoms with Crippen LogP contribution in [0, 0.1) is 12.7 Å². The predicted molar refractivity (Wildman–Crippen MR) is 114 cm³/mol. The maximum atomic E-state index is 14.8. The second-order valence-corrected chi connectivity index (χ2v) is 7.68. The number of benzene rings is 2. The molecule has 1 saturated heterocycles. The molecule has 3 rings (SSSR count). The molecular formula is C22H24F4N4O4. The van der Waals surface area contributed by atoms with Crippen molar-refractivity contribution in [2.24, 2.45) is 0 Å². The highest BCUT2D eigenvalue weighted by atomic mass is 19.4. The quantitative estimate of drug-likeness (QED) is 0.330. The van der Waals surface area contributed by atoms with Crippen LogP contribution in [0.5, 0.6) is 0 Å². The first-order valence-electron chi connectivity index (χ1n) is 10.4. The summed E-state index contributed by atoms with van der Waals surface area (Å²) in [7, 11) is 0. The summed E-state index contributed by atoms with van der Waals surface area (Å²) in [5.41, 5.74) is 4.47. The Morgan fingerprint density at radius 1 is 1.12 bits per heavy atom. The molecule has 1 aliphatic rings. The van der Waals surface area contributed by atoms with E-state index in [2.05, 4.69) is 0 Å². The van der Waals surface area contributed by atoms with Gasteiger partial charge in [-0.15, -0.1) is 0 Å². The Bertz CT molecular complexity index is 1010. The van der Waals surface area contributed by atoms with Gasteiger partial charge in [0.15, 0.2) is 6.35 Å². The summed E-state index contributed by atoms with van der Waals surface area (Å²) in [5, 5.41) is 11.0. The van der Waals surface area contributed by atoms with E-state index in [1.165, 1.54) is 40.7 Å². The van der Waals surface area contributed by atoms with E-state index in [1.807, 2.05) is 0 Å². The van der Waals surface area contributed by atoms with Crippen molar-refractivity contribution < 1.29 is 37.0 Å². The smallest absolute Gasteiger partial charge is 0.379 e. The van der Waals surface area contributed by atoms with Gasteiger partial charge in [-0.05, 0) is 42.3 Å². The van der Waals surface area contributed by atoms with Crippen molar-refractivity contribution in [3.05, 3.63) is 65.0 Å². The molecule has 1 fully saturated rings. The number of hydrazine groups is 1. The zero-order chi connectivity index (χ0) is 24.9. The molecule has 0 radical (unpaired) electrons. The lowest BCUT2D eigenvalue weighted by Crippen LogP contribution is -2.52. The molecule has 2 amide bonds. The molecule has 2 aromatic rings. The number of anilines is 1. The van der Waals surface area contributed by atoms with Gasteiger partial charge in [-0.2, -0.15) is 13.2 Å². The summed E-state index contributed by atoms with van der Waals surface area (Å²) >= 11 is 0. The number of hydrogen-bond acceptors (Lipinski definition) is 6. The number of ether oxygens (including phenoxy) is 1. The lowest BCUT2D eigenvalue weighted by Gasteiger charge is -2.39. The van der Waals surface area contributed by atoms with Crippen LogP contribution in [0.2, 0.25) is 0 Å². The van der Waals surface area contributed by atoms with Crippen LogP contribution in [-0.4, -0.2) is 60.7 Å². The molecule has 0 spiro atoms. The number of aliphatic hydroxyl groups excluding tert-OH is 1. The predicted octanol–water partition coefficient (Wildman–Crippen LogP) is 2.07. The lowest BCUT2D eigenvalue weighted by molar-refractivity contribution is -0.174. The van der Waals surface area contributed by atoms with Crippen LogP contribution in [0.1, 0.15) is 21.5 Å². The first-order chi connectivity index (χ1) is 16.1. The lowest BCUT2D eigenvalue weighted by atomic mass is 10.1. The Kier molecular flexibility index (Phi) is 8.07. The van der Waals surface area contributed by atoms with Crippen LogP contribution < -0.4 is 15.8 Å². The summed E-state index contributed by atoms with van der Waals surface area (Å²) in [6, 6.07) is 10.4. The standard InChI is InChI=1S/C22H24F4N4O4/c1-14-2-7-18(17(23)12-14)30(21(33)29-8-10-34-11-9-29)13-15-3-5-16(6-4-15)19(31)27-28-20(32)22(24,25)26/h2-7,12,21,33H,8-11,13H2,1H3,(H,27,31)(H,28,32). The summed E-state index contributed by atoms with van der Waals surface area (Å²) in [6.45, 7) is 3.58. The molecule has 184 valence electrons. The number of hydrogen-bond donors (Lipinski definition) is 3. The van der Waals surface area contributed by atoms with Crippen LogP contribution >= 0.6 is 0 Å². The molecule has 1 unspecified atom stereocenters. The third kappa shape index (κ3) is 6.43. The van der Waals surface area contributed by atoms with Crippen LogP contribution in [0.3, 0.4) is 0 Å². The fourth-order valence-electron chi connectivity index (χ4n) is 3.36. The third-order valence-electron chi connectivity index (χ3n) is 5.18. The van der Waals surface area contributed by atoms with Gasteiger partial charge >= 0.3 is 12.1 Å². The van der Waals surface area contributed by atoms with Gasteiger partial charge in [0.2, 0.25) is 0 Å². The highest BCUT2D eigenvalue weighted by molar-refractivity contribution is 5.95. The SMILES string of the molecule is Cc1ccc(N(Cc2ccc(C(=O)NNC(=O)C(F)(F)F)cc2)C(O)N2CCOCC2)c(F)c1. The van der Waals surface area contributed by atoms with E-state index in [0.717, 1.165) is 5.56 Å². The number of rotatable bonds is 6. The van der Waals surface area contributed by atoms with E-state index in [0.29, 0.717) is 31.9 Å². The number of aryl methyl sites for hydroxylation is 1. The summed E-state index contributed by atoms with van der Waals surface area (Å²) in [5.74, 6) is -3.76. The molecule has 1 aliphatic heterocycles. The van der Waals surface area contributed by atoms with E-state index in [-0.39, 0.29) is 17.8 Å². The maximum absolute atomic E-state index is 14.8. The Morgan fingerprint density at radius 2 is 1.76 bits per heavy atom. The molecule has 0 bridgehead atoms. The molecular weight excluding hydrogens is 460 g/mol. The van der Waals surface area contributed by atoms with Gasteiger partial charge < -0.3 is 14.7 Å². The van der Waals surface area contributed by atoms with Crippen molar-refractivity contribution in [3.8, 4) is 0 Å². The number of amides is 2. The number of nitrogens with one attached hydrogen (secondary N) is 2. The van der Waals surface area contributed by atoms with E-state index >= 15 is 0 Å². The number of alkyl halides is 3. The fraction of sp³-hybridized carbons (Fsp3) is 0.364. The molecule has 0 aromatic heterocycles. The largest absolute Gasteiger partial charge is 0.472 e. The van der Waals surface area contributed by atoms with Gasteiger partial charge in [0.05, 0.1) is 18.9 Å². The Morgan fingerprint density at radius 3 is 2.35 bits per heavy atom. The van der Waals surface area contributed by atoms with Crippen molar-refractivity contribution in [1.29, 1.82) is 0 Å². The second-order valence-electron chi connectivity index (χ2n) is 7.68. The molecule has 34 heavy (non-hydrogen) atoms. The maximum Gasteiger partial charge on any atom is 0.472 e. The summed E-state index contributed by atoms with van der Waals surface area (Å²) in [4.78, 5) is 26.1. The molecule has 1 atom stereocenters. The number of morpholine rings is 1. The van der Waals surface area contributed by atoms with Crippen LogP contribution in [0.25, 0.3) is 0 Å². The van der Waals surface area contributed by atoms with Crippen molar-refractivity contribution in [2.75, 3.05) is 31.2 Å². The number of halogens is 4. The zero-order valence-corrected chi connectivity index (χ0v) is 18.2. The monoisotopic (exact) mass is 484 g/mol. The Hall–Kier alpha value is -3.22. The number of carbonyl (C=O) groups is 2. The molecule has 2 aromatic carbocycles. The minimum atomic E-state index is -5.13. The van der Waals surface area contributed by atoms with E-state index in [1.54, 1.807) is 29.4 Å². The topological polar surface area (TPSA) is 94.1 Å². The number of nitrogens with zero attached hydrogens (tertiary/aromatic N) is 2. The second kappa shape index (κ2) is 10.8. The summed E-state index contributed by atoms with van der Waals surface area (Å²) in [6.07, 6.45) is -6.28. The van der Waals surface area contributed by atoms with Gasteiger partial charge in [0.25, 0.3) is 5.91 Å². The van der Waals surface area contributed by atoms with Gasteiger partial charge in [-0.25, -0.2) is 4.39 Å². The zero-order valence-electron chi connectivity index (χ0n) is 18.2. The van der Waals surface area contributed by atoms with Gasteiger partial charge in [0, 0.05) is 25.2 Å². The van der Waals surface area contributed by atoms with E-state index < -0.39 is 30.2 Å². The van der Waals surface area contributed by atoms with Gasteiger partial charge in [0.1, 0.15) is 5.82 Å². The van der Waals surface area contributed by atoms with Crippen molar-refractivity contribution in [1.82, 2.24) is 15.8 Å². The molecule has 1 heterocycles. The Labute approximate surface area is 193 Å². The molecule has 3 N–H and O–H groups in total. The molecule has 8 nitrogen and oxygen atoms in total. The Balaban J connectivity index is 1.75. The molecule has 0 aliphatic carbocycles. The first kappa shape index (κ1) is 25.4. The van der Waals surface area contributed by atoms with Gasteiger partial charge in [-0.3, -0.25) is 25.3 Å². The highest BCUT2D eigenvalue weighted by Gasteiger charge is 2.39. The van der Waals surface area contributed by atoms with Gasteiger partial charge in [-0.1, -0.05) is 18.2 Å². The van der Waals surface area contributed by atoms with Crippen LogP contribution in [-0.2, 0) is 16.1 Å². The molecule has 0 saturated carbocycles. The normalized spacial score (nSPS) is 15.5. The first-order valence-corrected chi connectivity index (χ1v) is 10.4. The minimum Gasteiger partial charge on any atom is -0.379 e. The average molecular weight is 484 g/mol. The van der Waals surface area contributed by atoms with Crippen LogP contribution in [0.15, 0.2) is 42.5 Å². The highest BCUT2D eigenvalue weighted by Crippen LogP contribution is 2.26. The molecule has 12 heteroatoms. The average Bonchev–Trinajstić information content (AvgIpc) is 2.81. The number of carbonyl (C=O) groups excluding carboxylic acids is 2. The fourth-order valence-corrected chi connectivity index (χ4v) is 3.36. The van der Waals surface area contributed by atoms with Crippen molar-refractivity contribution in [3.63, 3.8) is 0 Å². The van der Waals surface area contributed by atoms with Crippen LogP contribution in [0.4, 0.5) is 23.2 Å².